The molecule has 0 spiro atoms. The van der Waals surface area contributed by atoms with Crippen molar-refractivity contribution in [2.75, 3.05) is 39.3 Å². The molecule has 7 heteroatoms. The third-order valence-corrected chi connectivity index (χ3v) is 8.00. The molecular formula is C26H40N6O. The zero-order valence-corrected chi connectivity index (χ0v) is 20.1. The van der Waals surface area contributed by atoms with Gasteiger partial charge in [-0.25, -0.2) is 9.50 Å². The van der Waals surface area contributed by atoms with Crippen molar-refractivity contribution >= 4 is 11.6 Å². The van der Waals surface area contributed by atoms with E-state index in [4.69, 9.17) is 0 Å². The van der Waals surface area contributed by atoms with E-state index in [1.54, 1.807) is 6.20 Å². The number of carbonyl (C=O) groups is 1. The Kier molecular flexibility index (Phi) is 7.57. The van der Waals surface area contributed by atoms with Crippen molar-refractivity contribution in [3.05, 3.63) is 29.2 Å². The minimum Gasteiger partial charge on any atom is -0.352 e. The van der Waals surface area contributed by atoms with Gasteiger partial charge in [-0.3, -0.25) is 9.69 Å². The number of hydrogen-bond donors (Lipinski definition) is 1. The van der Waals surface area contributed by atoms with Gasteiger partial charge in [0.25, 0.3) is 5.91 Å². The van der Waals surface area contributed by atoms with Crippen LogP contribution in [0.1, 0.15) is 85.8 Å². The van der Waals surface area contributed by atoms with Gasteiger partial charge in [0, 0.05) is 50.7 Å². The number of nitrogens with zero attached hydrogens (tertiary/aromatic N) is 5. The van der Waals surface area contributed by atoms with Crippen molar-refractivity contribution in [2.24, 2.45) is 0 Å². The molecule has 7 nitrogen and oxygen atoms in total. The standard InChI is InChI=1S/C26H40N6O/c33-26(23-20-29-32-24-12-7-2-1-4-9-21(24)19-28-25(23)32)27-13-8-14-30-15-17-31(18-16-30)22-10-5-3-6-11-22/h19-20,22H,1-18H2,(H,27,33). The molecule has 1 aliphatic heterocycles. The van der Waals surface area contributed by atoms with E-state index in [1.807, 2.05) is 10.7 Å². The van der Waals surface area contributed by atoms with Crippen LogP contribution in [0.3, 0.4) is 0 Å². The van der Waals surface area contributed by atoms with Crippen LogP contribution < -0.4 is 5.32 Å². The molecule has 33 heavy (non-hydrogen) atoms. The largest absolute Gasteiger partial charge is 0.352 e. The second kappa shape index (κ2) is 11.0. The summed E-state index contributed by atoms with van der Waals surface area (Å²) in [5, 5.41) is 7.66. The Morgan fingerprint density at radius 1 is 0.939 bits per heavy atom. The van der Waals surface area contributed by atoms with Crippen LogP contribution in [-0.2, 0) is 12.8 Å². The number of fused-ring (bicyclic) bond motifs is 3. The summed E-state index contributed by atoms with van der Waals surface area (Å²) in [7, 11) is 0. The molecule has 1 N–H and O–H groups in total. The lowest BCUT2D eigenvalue weighted by Gasteiger charge is -2.40. The third-order valence-electron chi connectivity index (χ3n) is 8.00. The van der Waals surface area contributed by atoms with E-state index in [0.717, 1.165) is 44.9 Å². The number of aryl methyl sites for hydroxylation is 2. The maximum absolute atomic E-state index is 12.9. The van der Waals surface area contributed by atoms with Crippen molar-refractivity contribution in [1.82, 2.24) is 29.7 Å². The van der Waals surface area contributed by atoms with Gasteiger partial charge in [-0.15, -0.1) is 0 Å². The first-order valence-corrected chi connectivity index (χ1v) is 13.4. The lowest BCUT2D eigenvalue weighted by atomic mass is 9.94. The SMILES string of the molecule is O=C(NCCCN1CCN(C2CCCCC2)CC1)c1cnn2c3c(cnc12)CCCCCC3. The fourth-order valence-corrected chi connectivity index (χ4v) is 6.01. The molecule has 0 unspecified atom stereocenters. The van der Waals surface area contributed by atoms with Crippen LogP contribution in [0, 0.1) is 0 Å². The summed E-state index contributed by atoms with van der Waals surface area (Å²) in [6.07, 6.45) is 18.7. The Hall–Kier alpha value is -1.99. The Morgan fingerprint density at radius 2 is 1.70 bits per heavy atom. The first-order valence-electron chi connectivity index (χ1n) is 13.4. The molecule has 0 bridgehead atoms. The molecule has 1 saturated carbocycles. The Morgan fingerprint density at radius 3 is 2.52 bits per heavy atom. The smallest absolute Gasteiger partial charge is 0.256 e. The van der Waals surface area contributed by atoms with Crippen molar-refractivity contribution < 1.29 is 4.79 Å². The zero-order valence-electron chi connectivity index (χ0n) is 20.1. The molecule has 0 aromatic carbocycles. The minimum atomic E-state index is -0.0505. The van der Waals surface area contributed by atoms with Crippen LogP contribution in [0.15, 0.2) is 12.4 Å². The second-order valence-corrected chi connectivity index (χ2v) is 10.2. The average molecular weight is 453 g/mol. The maximum Gasteiger partial charge on any atom is 0.256 e. The van der Waals surface area contributed by atoms with Gasteiger partial charge in [0.2, 0.25) is 0 Å². The summed E-state index contributed by atoms with van der Waals surface area (Å²) in [6.45, 7) is 6.48. The number of carbonyl (C=O) groups excluding carboxylic acids is 1. The van der Waals surface area contributed by atoms with E-state index >= 15 is 0 Å². The summed E-state index contributed by atoms with van der Waals surface area (Å²) in [4.78, 5) is 22.8. The number of piperazine rings is 1. The lowest BCUT2D eigenvalue weighted by Crippen LogP contribution is -2.51. The third kappa shape index (κ3) is 5.40. The molecule has 2 fully saturated rings. The molecular weight excluding hydrogens is 412 g/mol. The zero-order chi connectivity index (χ0) is 22.5. The average Bonchev–Trinajstić information content (AvgIpc) is 3.27. The van der Waals surface area contributed by atoms with Crippen LogP contribution in [0.4, 0.5) is 0 Å². The van der Waals surface area contributed by atoms with Crippen molar-refractivity contribution in [1.29, 1.82) is 0 Å². The van der Waals surface area contributed by atoms with E-state index in [0.29, 0.717) is 17.8 Å². The maximum atomic E-state index is 12.9. The van der Waals surface area contributed by atoms with Gasteiger partial charge >= 0.3 is 0 Å². The summed E-state index contributed by atoms with van der Waals surface area (Å²) < 4.78 is 1.92. The topological polar surface area (TPSA) is 65.8 Å². The van der Waals surface area contributed by atoms with Crippen molar-refractivity contribution in [3.63, 3.8) is 0 Å². The van der Waals surface area contributed by atoms with Gasteiger partial charge in [0.1, 0.15) is 5.56 Å². The molecule has 180 valence electrons. The molecule has 1 amide bonds. The summed E-state index contributed by atoms with van der Waals surface area (Å²) in [6, 6.07) is 0.832. The Labute approximate surface area is 197 Å². The lowest BCUT2D eigenvalue weighted by molar-refractivity contribution is 0.0779. The van der Waals surface area contributed by atoms with Crippen molar-refractivity contribution in [3.8, 4) is 0 Å². The number of nitrogens with one attached hydrogen (secondary N) is 1. The molecule has 0 radical (unpaired) electrons. The van der Waals surface area contributed by atoms with Gasteiger partial charge in [0.05, 0.1) is 6.20 Å². The fraction of sp³-hybridized carbons (Fsp3) is 0.731. The predicted molar refractivity (Wildman–Crippen MR) is 131 cm³/mol. The van der Waals surface area contributed by atoms with Crippen LogP contribution in [-0.4, -0.2) is 75.6 Å². The van der Waals surface area contributed by atoms with Crippen LogP contribution in [0.5, 0.6) is 0 Å². The highest BCUT2D eigenvalue weighted by molar-refractivity contribution is 5.99. The van der Waals surface area contributed by atoms with Gasteiger partial charge in [-0.1, -0.05) is 32.1 Å². The minimum absolute atomic E-state index is 0.0505. The van der Waals surface area contributed by atoms with E-state index in [-0.39, 0.29) is 5.91 Å². The summed E-state index contributed by atoms with van der Waals surface area (Å²) >= 11 is 0. The molecule has 3 aliphatic rings. The van der Waals surface area contributed by atoms with Gasteiger partial charge in [0.15, 0.2) is 5.65 Å². The highest BCUT2D eigenvalue weighted by Crippen LogP contribution is 2.24. The molecule has 3 heterocycles. The van der Waals surface area contributed by atoms with Gasteiger partial charge in [-0.05, 0) is 57.1 Å². The molecule has 5 rings (SSSR count). The van der Waals surface area contributed by atoms with Crippen LogP contribution in [0.2, 0.25) is 0 Å². The Balaban J connectivity index is 1.09. The number of hydrogen-bond acceptors (Lipinski definition) is 5. The van der Waals surface area contributed by atoms with E-state index in [9.17, 15) is 4.79 Å². The highest BCUT2D eigenvalue weighted by atomic mass is 16.1. The number of aromatic nitrogens is 3. The van der Waals surface area contributed by atoms with Crippen molar-refractivity contribution in [2.45, 2.75) is 83.1 Å². The first-order chi connectivity index (χ1) is 16.3. The quantitative estimate of drug-likeness (QED) is 0.680. The number of amides is 1. The summed E-state index contributed by atoms with van der Waals surface area (Å²) in [5.41, 5.74) is 3.83. The second-order valence-electron chi connectivity index (χ2n) is 10.2. The van der Waals surface area contributed by atoms with Gasteiger partial charge < -0.3 is 10.2 Å². The molecule has 1 saturated heterocycles. The van der Waals surface area contributed by atoms with E-state index in [2.05, 4.69) is 25.2 Å². The van der Waals surface area contributed by atoms with E-state index in [1.165, 1.54) is 82.1 Å². The monoisotopic (exact) mass is 452 g/mol. The number of rotatable bonds is 6. The molecule has 2 aromatic heterocycles. The normalized spacial score (nSPS) is 21.5. The molecule has 0 atom stereocenters. The van der Waals surface area contributed by atoms with Crippen LogP contribution in [0.25, 0.3) is 5.65 Å². The highest BCUT2D eigenvalue weighted by Gasteiger charge is 2.25. The first kappa shape index (κ1) is 22.8. The van der Waals surface area contributed by atoms with Gasteiger partial charge in [-0.2, -0.15) is 5.10 Å². The molecule has 2 aromatic rings. The fourth-order valence-electron chi connectivity index (χ4n) is 6.01. The van der Waals surface area contributed by atoms with E-state index < -0.39 is 0 Å². The molecule has 2 aliphatic carbocycles. The van der Waals surface area contributed by atoms with Crippen LogP contribution >= 0.6 is 0 Å². The Bertz CT molecular complexity index is 926. The predicted octanol–water partition coefficient (Wildman–Crippen LogP) is 3.46. The summed E-state index contributed by atoms with van der Waals surface area (Å²) in [5.74, 6) is -0.0505.